The van der Waals surface area contributed by atoms with Crippen molar-refractivity contribution >= 4 is 47.8 Å². The second-order valence-corrected chi connectivity index (χ2v) is 13.3. The minimum atomic E-state index is -1.58. The lowest BCUT2D eigenvalue weighted by molar-refractivity contribution is -0.275. The van der Waals surface area contributed by atoms with Gasteiger partial charge in [-0.3, -0.25) is 24.0 Å². The summed E-state index contributed by atoms with van der Waals surface area (Å²) in [7, 11) is 0. The van der Waals surface area contributed by atoms with Crippen LogP contribution >= 0.6 is 0 Å². The van der Waals surface area contributed by atoms with Crippen molar-refractivity contribution in [2.75, 3.05) is 33.0 Å². The van der Waals surface area contributed by atoms with E-state index in [1.165, 1.54) is 20.8 Å². The van der Waals surface area contributed by atoms with Crippen LogP contribution in [-0.4, -0.2) is 105 Å². The van der Waals surface area contributed by atoms with Crippen molar-refractivity contribution in [2.24, 2.45) is 0 Å². The molecule has 1 aliphatic heterocycles. The molecular weight excluding hydrogens is 752 g/mol. The van der Waals surface area contributed by atoms with E-state index in [4.69, 9.17) is 42.6 Å². The fourth-order valence-electron chi connectivity index (χ4n) is 4.69. The number of rotatable bonds is 28. The van der Waals surface area contributed by atoms with Gasteiger partial charge in [-0.1, -0.05) is 26.7 Å². The molecule has 57 heavy (non-hydrogen) atoms. The zero-order valence-electron chi connectivity index (χ0n) is 33.6. The van der Waals surface area contributed by atoms with Gasteiger partial charge in [0, 0.05) is 48.8 Å². The van der Waals surface area contributed by atoms with Crippen molar-refractivity contribution in [3.8, 4) is 0 Å². The molecule has 0 N–H and O–H groups in total. The molecule has 4 atom stereocenters. The largest absolute Gasteiger partial charge is 0.466 e. The third-order valence-electron chi connectivity index (χ3n) is 7.85. The van der Waals surface area contributed by atoms with E-state index in [0.29, 0.717) is 25.7 Å². The summed E-state index contributed by atoms with van der Waals surface area (Å²) >= 11 is 0. The van der Waals surface area contributed by atoms with Crippen molar-refractivity contribution in [1.29, 1.82) is 0 Å². The third-order valence-corrected chi connectivity index (χ3v) is 7.85. The summed E-state index contributed by atoms with van der Waals surface area (Å²) in [5, 5.41) is 0. The molecule has 0 aromatic rings. The van der Waals surface area contributed by atoms with E-state index in [-0.39, 0.29) is 107 Å². The summed E-state index contributed by atoms with van der Waals surface area (Å²) in [5.41, 5.74) is 0.685. The molecule has 0 saturated carbocycles. The Kier molecular flexibility index (Phi) is 24.8. The monoisotopic (exact) mass is 810 g/mol. The van der Waals surface area contributed by atoms with Crippen molar-refractivity contribution in [2.45, 2.75) is 136 Å². The van der Waals surface area contributed by atoms with Gasteiger partial charge < -0.3 is 42.6 Å². The first-order valence-corrected chi connectivity index (χ1v) is 19.1. The Morgan fingerprint density at radius 2 is 0.825 bits per heavy atom. The van der Waals surface area contributed by atoms with E-state index in [1.807, 2.05) is 0 Å². The highest BCUT2D eigenvalue weighted by Crippen LogP contribution is 2.27. The molecule has 0 aliphatic carbocycles. The first-order chi connectivity index (χ1) is 27.0. The molecule has 1 saturated heterocycles. The number of esters is 8. The molecule has 1 unspecified atom stereocenters. The summed E-state index contributed by atoms with van der Waals surface area (Å²) in [6, 6.07) is 0. The molecule has 320 valence electrons. The summed E-state index contributed by atoms with van der Waals surface area (Å²) in [5.74, 6) is -5.13. The molecule has 0 spiro atoms. The van der Waals surface area contributed by atoms with Crippen LogP contribution in [-0.2, 0) is 81.0 Å². The molecule has 0 bridgehead atoms. The Labute approximate surface area is 333 Å². The van der Waals surface area contributed by atoms with E-state index in [9.17, 15) is 38.4 Å². The summed E-state index contributed by atoms with van der Waals surface area (Å²) < 4.78 is 48.6. The SMILES string of the molecule is C=C(C)C(=O)OCCCCC(=O)OC1OC[C@@H](OC(=O)CCCCOC(=O)C(=C)C)[C@H](OC(=O)CCCCOC(=O)CC)[C@H]1OC(=O)CCCCOC(=O)C(=C)C. The number of hydrogen-bond acceptors (Lipinski definition) is 17. The van der Waals surface area contributed by atoms with E-state index >= 15 is 0 Å². The Morgan fingerprint density at radius 3 is 1.21 bits per heavy atom. The molecule has 0 aromatic carbocycles. The van der Waals surface area contributed by atoms with Crippen LogP contribution in [0.25, 0.3) is 0 Å². The van der Waals surface area contributed by atoms with Gasteiger partial charge in [-0.15, -0.1) is 0 Å². The van der Waals surface area contributed by atoms with Crippen LogP contribution < -0.4 is 0 Å². The lowest BCUT2D eigenvalue weighted by atomic mass is 10.0. The van der Waals surface area contributed by atoms with Gasteiger partial charge in [0.05, 0.1) is 33.0 Å². The normalized spacial score (nSPS) is 17.2. The minimum Gasteiger partial charge on any atom is -0.466 e. The predicted molar refractivity (Wildman–Crippen MR) is 199 cm³/mol. The van der Waals surface area contributed by atoms with Gasteiger partial charge in [0.15, 0.2) is 12.2 Å². The number of ether oxygens (including phenoxy) is 9. The molecule has 17 heteroatoms. The van der Waals surface area contributed by atoms with Gasteiger partial charge in [0.2, 0.25) is 12.4 Å². The van der Waals surface area contributed by atoms with Gasteiger partial charge in [-0.25, -0.2) is 14.4 Å². The van der Waals surface area contributed by atoms with Crippen LogP contribution in [0.4, 0.5) is 0 Å². The molecule has 0 amide bonds. The minimum absolute atomic E-state index is 0.0182. The Morgan fingerprint density at radius 1 is 0.474 bits per heavy atom. The van der Waals surface area contributed by atoms with E-state index in [2.05, 4.69) is 19.7 Å². The van der Waals surface area contributed by atoms with Gasteiger partial charge in [0.25, 0.3) is 0 Å². The van der Waals surface area contributed by atoms with E-state index in [0.717, 1.165) is 0 Å². The molecule has 1 aliphatic rings. The van der Waals surface area contributed by atoms with Crippen LogP contribution in [0.1, 0.15) is 111 Å². The zero-order chi connectivity index (χ0) is 42.8. The smallest absolute Gasteiger partial charge is 0.333 e. The molecular formula is C40H58O17. The first kappa shape index (κ1) is 50.0. The highest BCUT2D eigenvalue weighted by Gasteiger charge is 2.49. The van der Waals surface area contributed by atoms with Crippen molar-refractivity contribution < 1.29 is 81.0 Å². The van der Waals surface area contributed by atoms with Crippen LogP contribution in [0.2, 0.25) is 0 Å². The second kappa shape index (κ2) is 28.4. The third kappa shape index (κ3) is 22.3. The van der Waals surface area contributed by atoms with Gasteiger partial charge in [0.1, 0.15) is 0 Å². The molecule has 1 fully saturated rings. The second-order valence-electron chi connectivity index (χ2n) is 13.3. The molecule has 1 heterocycles. The fraction of sp³-hybridized carbons (Fsp3) is 0.650. The van der Waals surface area contributed by atoms with Crippen molar-refractivity contribution in [1.82, 2.24) is 0 Å². The molecule has 0 radical (unpaired) electrons. The van der Waals surface area contributed by atoms with Crippen LogP contribution in [0, 0.1) is 0 Å². The maximum atomic E-state index is 13.2. The molecule has 1 rings (SSSR count). The van der Waals surface area contributed by atoms with E-state index < -0.39 is 73.0 Å². The Hall–Kier alpha value is -5.06. The highest BCUT2D eigenvalue weighted by molar-refractivity contribution is 5.87. The first-order valence-electron chi connectivity index (χ1n) is 19.1. The predicted octanol–water partition coefficient (Wildman–Crippen LogP) is 4.61. The topological polar surface area (TPSA) is 220 Å². The van der Waals surface area contributed by atoms with Crippen LogP contribution in [0.5, 0.6) is 0 Å². The Balaban J connectivity index is 3.13. The highest BCUT2D eigenvalue weighted by atomic mass is 16.7. The quantitative estimate of drug-likeness (QED) is 0.0456. The molecule has 17 nitrogen and oxygen atoms in total. The van der Waals surface area contributed by atoms with Gasteiger partial charge in [-0.2, -0.15) is 0 Å². The van der Waals surface area contributed by atoms with Crippen molar-refractivity contribution in [3.05, 3.63) is 36.5 Å². The Bertz CT molecular complexity index is 1420. The summed E-state index contributed by atoms with van der Waals surface area (Å²) in [6.07, 6.45) is -3.98. The van der Waals surface area contributed by atoms with Crippen molar-refractivity contribution in [3.63, 3.8) is 0 Å². The van der Waals surface area contributed by atoms with E-state index in [1.54, 1.807) is 6.92 Å². The maximum Gasteiger partial charge on any atom is 0.333 e. The summed E-state index contributed by atoms with van der Waals surface area (Å²) in [6.45, 7) is 16.5. The number of carbonyl (C=O) groups is 8. The summed E-state index contributed by atoms with van der Waals surface area (Å²) in [4.78, 5) is 98.5. The number of unbranched alkanes of at least 4 members (excludes halogenated alkanes) is 4. The average molecular weight is 811 g/mol. The average Bonchev–Trinajstić information content (AvgIpc) is 3.15. The molecule has 0 aromatic heterocycles. The standard InChI is InChI=1S/C40H58O17/c1-8-30(41)49-21-13-9-18-32(43)55-35-29(54-31(42)17-10-14-22-50-37(46)26(2)3)25-53-40(57-34(45)20-12-16-24-52-39(48)28(6)7)36(35)56-33(44)19-11-15-23-51-38(47)27(4)5/h29,35-36,40H,2,4,6,8-25H2,1,3,5,7H3/t29-,35+,36-,40?/m1/s1. The zero-order valence-corrected chi connectivity index (χ0v) is 33.6. The number of carbonyl (C=O) groups excluding carboxylic acids is 8. The van der Waals surface area contributed by atoms with Gasteiger partial charge >= 0.3 is 47.8 Å². The van der Waals surface area contributed by atoms with Gasteiger partial charge in [-0.05, 0) is 72.1 Å². The number of hydrogen-bond donors (Lipinski definition) is 0. The lowest BCUT2D eigenvalue weighted by Gasteiger charge is -2.40. The van der Waals surface area contributed by atoms with Crippen LogP contribution in [0.15, 0.2) is 36.5 Å². The lowest BCUT2D eigenvalue weighted by Crippen LogP contribution is -2.58. The maximum absolute atomic E-state index is 13.2. The van der Waals surface area contributed by atoms with Crippen LogP contribution in [0.3, 0.4) is 0 Å². The fourth-order valence-corrected chi connectivity index (χ4v) is 4.69.